The highest BCUT2D eigenvalue weighted by atomic mass is 35.5. The molecule has 1 aromatic heterocycles. The van der Waals surface area contributed by atoms with Crippen molar-refractivity contribution in [2.24, 2.45) is 0 Å². The van der Waals surface area contributed by atoms with Crippen LogP contribution in [0, 0.1) is 13.8 Å². The highest BCUT2D eigenvalue weighted by Gasteiger charge is 2.23. The summed E-state index contributed by atoms with van der Waals surface area (Å²) < 4.78 is 12.0. The molecule has 0 spiro atoms. The monoisotopic (exact) mass is 396 g/mol. The summed E-state index contributed by atoms with van der Waals surface area (Å²) in [5, 5.41) is 0.657. The summed E-state index contributed by atoms with van der Waals surface area (Å²) in [6.45, 7) is 6.83. The molecule has 0 bridgehead atoms. The Hall–Kier alpha value is -2.30. The molecule has 1 aliphatic heterocycles. The van der Waals surface area contributed by atoms with E-state index < -0.39 is 0 Å². The third kappa shape index (κ3) is 4.40. The number of benzene rings is 2. The minimum Gasteiger partial charge on any atom is -0.490 e. The van der Waals surface area contributed by atoms with E-state index in [1.54, 1.807) is 0 Å². The minimum atomic E-state index is 0.274. The number of likely N-dealkylation sites (tertiary alicyclic amines) is 1. The quantitative estimate of drug-likeness (QED) is 0.558. The third-order valence-corrected chi connectivity index (χ3v) is 5.56. The molecule has 0 N–H and O–H groups in total. The van der Waals surface area contributed by atoms with Gasteiger partial charge in [-0.1, -0.05) is 41.4 Å². The topological polar surface area (TPSA) is 38.5 Å². The van der Waals surface area contributed by atoms with Gasteiger partial charge < -0.3 is 9.15 Å². The Bertz CT molecular complexity index is 928. The average molecular weight is 397 g/mol. The number of oxazole rings is 1. The fraction of sp³-hybridized carbons (Fsp3) is 0.348. The fourth-order valence-corrected chi connectivity index (χ4v) is 3.75. The number of aromatic nitrogens is 1. The fourth-order valence-electron chi connectivity index (χ4n) is 3.53. The molecule has 0 amide bonds. The Balaban J connectivity index is 1.35. The molecule has 0 atom stereocenters. The van der Waals surface area contributed by atoms with E-state index in [-0.39, 0.29) is 6.10 Å². The van der Waals surface area contributed by atoms with Crippen LogP contribution in [-0.2, 0) is 6.54 Å². The molecule has 0 unspecified atom stereocenters. The Kier molecular flexibility index (Phi) is 5.69. The van der Waals surface area contributed by atoms with Crippen LogP contribution in [0.5, 0.6) is 5.75 Å². The molecule has 1 saturated heterocycles. The lowest BCUT2D eigenvalue weighted by atomic mass is 10.1. The molecule has 3 aromatic rings. The molecule has 2 aromatic carbocycles. The minimum absolute atomic E-state index is 0.274. The summed E-state index contributed by atoms with van der Waals surface area (Å²) >= 11 is 6.28. The summed E-state index contributed by atoms with van der Waals surface area (Å²) in [6, 6.07) is 15.9. The Labute approximate surface area is 171 Å². The van der Waals surface area contributed by atoms with Gasteiger partial charge in [-0.15, -0.1) is 0 Å². The summed E-state index contributed by atoms with van der Waals surface area (Å²) in [6.07, 6.45) is 2.31. The van der Waals surface area contributed by atoms with E-state index >= 15 is 0 Å². The van der Waals surface area contributed by atoms with Crippen molar-refractivity contribution in [2.45, 2.75) is 39.3 Å². The number of rotatable bonds is 5. The average Bonchev–Trinajstić information content (AvgIpc) is 3.06. The van der Waals surface area contributed by atoms with Crippen molar-refractivity contribution < 1.29 is 9.15 Å². The van der Waals surface area contributed by atoms with Gasteiger partial charge in [0.2, 0.25) is 5.89 Å². The van der Waals surface area contributed by atoms with Gasteiger partial charge in [0.1, 0.15) is 17.6 Å². The zero-order valence-electron chi connectivity index (χ0n) is 16.3. The lowest BCUT2D eigenvalue weighted by Crippen LogP contribution is -2.38. The number of hydrogen-bond acceptors (Lipinski definition) is 4. The van der Waals surface area contributed by atoms with E-state index in [1.807, 2.05) is 31.2 Å². The van der Waals surface area contributed by atoms with Crippen molar-refractivity contribution in [3.63, 3.8) is 0 Å². The van der Waals surface area contributed by atoms with Gasteiger partial charge in [-0.25, -0.2) is 4.98 Å². The van der Waals surface area contributed by atoms with Crippen LogP contribution in [0.25, 0.3) is 11.5 Å². The van der Waals surface area contributed by atoms with E-state index in [0.29, 0.717) is 10.9 Å². The van der Waals surface area contributed by atoms with E-state index in [2.05, 4.69) is 36.1 Å². The number of halogens is 1. The van der Waals surface area contributed by atoms with Crippen molar-refractivity contribution >= 4 is 11.6 Å². The van der Waals surface area contributed by atoms with E-state index in [1.165, 1.54) is 5.56 Å². The van der Waals surface area contributed by atoms with Gasteiger partial charge in [-0.3, -0.25) is 4.90 Å². The summed E-state index contributed by atoms with van der Waals surface area (Å²) in [5.74, 6) is 2.41. The summed E-state index contributed by atoms with van der Waals surface area (Å²) in [4.78, 5) is 7.12. The lowest BCUT2D eigenvalue weighted by Gasteiger charge is -2.31. The first kappa shape index (κ1) is 19.0. The Morgan fingerprint density at radius 1 is 1.07 bits per heavy atom. The number of hydrogen-bond donors (Lipinski definition) is 0. The molecule has 0 saturated carbocycles. The van der Waals surface area contributed by atoms with Crippen LogP contribution in [-0.4, -0.2) is 29.1 Å². The number of aryl methyl sites for hydroxylation is 2. The van der Waals surface area contributed by atoms with Crippen molar-refractivity contribution in [3.8, 4) is 17.2 Å². The predicted molar refractivity (Wildman–Crippen MR) is 112 cm³/mol. The van der Waals surface area contributed by atoms with Gasteiger partial charge in [0.15, 0.2) is 0 Å². The zero-order chi connectivity index (χ0) is 19.5. The molecule has 2 heterocycles. The molecule has 4 rings (SSSR count). The van der Waals surface area contributed by atoms with E-state index in [4.69, 9.17) is 25.7 Å². The molecule has 146 valence electrons. The van der Waals surface area contributed by atoms with Crippen LogP contribution in [0.2, 0.25) is 5.02 Å². The Morgan fingerprint density at radius 2 is 1.79 bits per heavy atom. The zero-order valence-corrected chi connectivity index (χ0v) is 17.1. The lowest BCUT2D eigenvalue weighted by molar-refractivity contribution is 0.0959. The van der Waals surface area contributed by atoms with Crippen LogP contribution in [0.15, 0.2) is 52.9 Å². The second-order valence-electron chi connectivity index (χ2n) is 7.41. The second kappa shape index (κ2) is 8.38. The second-order valence-corrected chi connectivity index (χ2v) is 7.82. The molecule has 0 radical (unpaired) electrons. The Morgan fingerprint density at radius 3 is 2.50 bits per heavy atom. The van der Waals surface area contributed by atoms with Gasteiger partial charge in [0.25, 0.3) is 0 Å². The standard InChI is InChI=1S/C23H25ClN2O2/c1-16-7-9-18(10-8-16)28-19-11-13-26(14-12-19)15-22-17(2)27-23(25-22)20-5-3-4-6-21(20)24/h3-10,19H,11-15H2,1-2H3. The number of ether oxygens (including phenoxy) is 1. The van der Waals surface area contributed by atoms with Crippen LogP contribution < -0.4 is 4.74 Å². The summed E-state index contributed by atoms with van der Waals surface area (Å²) in [5.41, 5.74) is 3.07. The molecule has 0 aliphatic carbocycles. The van der Waals surface area contributed by atoms with Gasteiger partial charge in [0.05, 0.1) is 16.3 Å². The molecular formula is C23H25ClN2O2. The molecule has 28 heavy (non-hydrogen) atoms. The normalized spacial score (nSPS) is 15.7. The predicted octanol–water partition coefficient (Wildman–Crippen LogP) is 5.66. The van der Waals surface area contributed by atoms with Gasteiger partial charge in [-0.2, -0.15) is 0 Å². The van der Waals surface area contributed by atoms with Gasteiger partial charge >= 0.3 is 0 Å². The molecule has 1 aliphatic rings. The number of piperidine rings is 1. The highest BCUT2D eigenvalue weighted by molar-refractivity contribution is 6.33. The van der Waals surface area contributed by atoms with Crippen molar-refractivity contribution in [1.82, 2.24) is 9.88 Å². The largest absolute Gasteiger partial charge is 0.490 e. The van der Waals surface area contributed by atoms with Crippen molar-refractivity contribution in [2.75, 3.05) is 13.1 Å². The van der Waals surface area contributed by atoms with Crippen molar-refractivity contribution in [3.05, 3.63) is 70.6 Å². The van der Waals surface area contributed by atoms with Crippen molar-refractivity contribution in [1.29, 1.82) is 0 Å². The maximum absolute atomic E-state index is 6.28. The first-order valence-corrected chi connectivity index (χ1v) is 10.1. The van der Waals surface area contributed by atoms with Crippen LogP contribution in [0.4, 0.5) is 0 Å². The molecule has 4 nitrogen and oxygen atoms in total. The van der Waals surface area contributed by atoms with E-state index in [0.717, 1.165) is 55.2 Å². The smallest absolute Gasteiger partial charge is 0.228 e. The maximum Gasteiger partial charge on any atom is 0.228 e. The molecule has 1 fully saturated rings. The summed E-state index contributed by atoms with van der Waals surface area (Å²) in [7, 11) is 0. The first-order valence-electron chi connectivity index (χ1n) is 9.75. The molecular weight excluding hydrogens is 372 g/mol. The SMILES string of the molecule is Cc1ccc(OC2CCN(Cc3nc(-c4ccccc4Cl)oc3C)CC2)cc1. The highest BCUT2D eigenvalue weighted by Crippen LogP contribution is 2.29. The molecule has 5 heteroatoms. The van der Waals surface area contributed by atoms with Gasteiger partial charge in [0, 0.05) is 19.6 Å². The van der Waals surface area contributed by atoms with E-state index in [9.17, 15) is 0 Å². The van der Waals surface area contributed by atoms with Crippen LogP contribution >= 0.6 is 11.6 Å². The van der Waals surface area contributed by atoms with Crippen LogP contribution in [0.3, 0.4) is 0 Å². The van der Waals surface area contributed by atoms with Crippen LogP contribution in [0.1, 0.15) is 29.9 Å². The maximum atomic E-state index is 6.28. The third-order valence-electron chi connectivity index (χ3n) is 5.23. The van der Waals surface area contributed by atoms with Gasteiger partial charge in [-0.05, 0) is 51.0 Å². The number of nitrogens with zero attached hydrogens (tertiary/aromatic N) is 2. The first-order chi connectivity index (χ1) is 13.6.